The monoisotopic (exact) mass is 296 g/mol. The Bertz CT molecular complexity index is 567. The predicted octanol–water partition coefficient (Wildman–Crippen LogP) is 3.66. The zero-order chi connectivity index (χ0) is 13.9. The van der Waals surface area contributed by atoms with Crippen molar-refractivity contribution in [2.24, 2.45) is 0 Å². The van der Waals surface area contributed by atoms with Gasteiger partial charge in [0.1, 0.15) is 10.8 Å². The van der Waals surface area contributed by atoms with Gasteiger partial charge in [0, 0.05) is 23.5 Å². The molecular formula is C14H14F2N2OS. The van der Waals surface area contributed by atoms with E-state index in [1.807, 2.05) is 5.38 Å². The fraction of sp³-hybridized carbons (Fsp3) is 0.357. The third kappa shape index (κ3) is 3.52. The van der Waals surface area contributed by atoms with Gasteiger partial charge in [0.25, 0.3) is 0 Å². The molecule has 1 fully saturated rings. The van der Waals surface area contributed by atoms with Crippen LogP contribution in [0.4, 0.5) is 8.78 Å². The van der Waals surface area contributed by atoms with Gasteiger partial charge in [-0.15, -0.1) is 11.3 Å². The van der Waals surface area contributed by atoms with E-state index in [4.69, 9.17) is 0 Å². The van der Waals surface area contributed by atoms with Gasteiger partial charge in [0.05, 0.1) is 5.69 Å². The van der Waals surface area contributed by atoms with Gasteiger partial charge in [-0.1, -0.05) is 0 Å². The average Bonchev–Trinajstić information content (AvgIpc) is 3.14. The second kappa shape index (κ2) is 5.85. The minimum absolute atomic E-state index is 0.163. The van der Waals surface area contributed by atoms with Gasteiger partial charge in [-0.25, -0.2) is 4.98 Å². The van der Waals surface area contributed by atoms with Crippen molar-refractivity contribution in [1.29, 1.82) is 0 Å². The van der Waals surface area contributed by atoms with E-state index in [2.05, 4.69) is 15.0 Å². The van der Waals surface area contributed by atoms with Gasteiger partial charge in [-0.2, -0.15) is 8.78 Å². The zero-order valence-corrected chi connectivity index (χ0v) is 11.5. The van der Waals surface area contributed by atoms with Crippen LogP contribution in [0.25, 0.3) is 10.6 Å². The highest BCUT2D eigenvalue weighted by atomic mass is 32.1. The molecule has 0 bridgehead atoms. The van der Waals surface area contributed by atoms with E-state index in [9.17, 15) is 8.78 Å². The summed E-state index contributed by atoms with van der Waals surface area (Å²) in [7, 11) is 0. The molecule has 0 amide bonds. The lowest BCUT2D eigenvalue weighted by atomic mass is 10.2. The third-order valence-corrected chi connectivity index (χ3v) is 3.97. The molecule has 1 saturated carbocycles. The summed E-state index contributed by atoms with van der Waals surface area (Å²) < 4.78 is 28.4. The molecule has 1 aromatic carbocycles. The fourth-order valence-corrected chi connectivity index (χ4v) is 2.66. The normalized spacial score (nSPS) is 14.8. The number of benzene rings is 1. The molecule has 0 saturated heterocycles. The molecule has 20 heavy (non-hydrogen) atoms. The lowest BCUT2D eigenvalue weighted by molar-refractivity contribution is -0.0498. The largest absolute Gasteiger partial charge is 0.435 e. The standard InChI is InChI=1S/C14H14F2N2OS/c15-14(16)19-12-5-1-9(2-6-12)13-18-11(8-20-13)7-17-10-3-4-10/h1-2,5-6,8,10,14,17H,3-4,7H2. The van der Waals surface area contributed by atoms with Gasteiger partial charge in [0.15, 0.2) is 0 Å². The fourth-order valence-electron chi connectivity index (χ4n) is 1.84. The molecule has 3 rings (SSSR count). The maximum atomic E-state index is 12.1. The summed E-state index contributed by atoms with van der Waals surface area (Å²) >= 11 is 1.55. The van der Waals surface area contributed by atoms with Crippen molar-refractivity contribution in [2.75, 3.05) is 0 Å². The second-order valence-electron chi connectivity index (χ2n) is 4.70. The molecule has 2 aromatic rings. The first-order valence-corrected chi connectivity index (χ1v) is 7.32. The number of halogens is 2. The van der Waals surface area contributed by atoms with Crippen molar-refractivity contribution in [3.05, 3.63) is 35.3 Å². The number of alkyl halides is 2. The van der Waals surface area contributed by atoms with Crippen LogP contribution in [-0.4, -0.2) is 17.6 Å². The molecule has 1 aromatic heterocycles. The molecule has 0 aliphatic heterocycles. The van der Waals surface area contributed by atoms with Gasteiger partial charge < -0.3 is 10.1 Å². The maximum Gasteiger partial charge on any atom is 0.387 e. The van der Waals surface area contributed by atoms with Crippen molar-refractivity contribution >= 4 is 11.3 Å². The van der Waals surface area contributed by atoms with Crippen LogP contribution >= 0.6 is 11.3 Å². The van der Waals surface area contributed by atoms with E-state index in [0.717, 1.165) is 22.8 Å². The zero-order valence-electron chi connectivity index (χ0n) is 10.7. The minimum Gasteiger partial charge on any atom is -0.435 e. The quantitative estimate of drug-likeness (QED) is 0.883. The van der Waals surface area contributed by atoms with Crippen molar-refractivity contribution in [3.8, 4) is 16.3 Å². The van der Waals surface area contributed by atoms with Crippen LogP contribution in [0.3, 0.4) is 0 Å². The van der Waals surface area contributed by atoms with Crippen molar-refractivity contribution in [1.82, 2.24) is 10.3 Å². The molecule has 0 spiro atoms. The maximum absolute atomic E-state index is 12.1. The molecule has 0 unspecified atom stereocenters. The number of nitrogens with one attached hydrogen (secondary N) is 1. The van der Waals surface area contributed by atoms with Crippen LogP contribution in [0.1, 0.15) is 18.5 Å². The molecule has 1 aliphatic carbocycles. The van der Waals surface area contributed by atoms with Gasteiger partial charge in [-0.05, 0) is 37.1 Å². The number of ether oxygens (including phenoxy) is 1. The highest BCUT2D eigenvalue weighted by Crippen LogP contribution is 2.27. The first kappa shape index (κ1) is 13.5. The molecule has 0 radical (unpaired) electrons. The Morgan fingerprint density at radius 3 is 2.70 bits per heavy atom. The SMILES string of the molecule is FC(F)Oc1ccc(-c2nc(CNC3CC3)cs2)cc1. The number of nitrogens with zero attached hydrogens (tertiary/aromatic N) is 1. The van der Waals surface area contributed by atoms with E-state index in [0.29, 0.717) is 6.04 Å². The summed E-state index contributed by atoms with van der Waals surface area (Å²) in [5.41, 5.74) is 1.93. The average molecular weight is 296 g/mol. The molecule has 1 heterocycles. The summed E-state index contributed by atoms with van der Waals surface area (Å²) in [5, 5.41) is 6.32. The van der Waals surface area contributed by atoms with E-state index < -0.39 is 6.61 Å². The van der Waals surface area contributed by atoms with E-state index >= 15 is 0 Å². The van der Waals surface area contributed by atoms with Crippen LogP contribution in [0.5, 0.6) is 5.75 Å². The second-order valence-corrected chi connectivity index (χ2v) is 5.56. The Labute approximate surface area is 119 Å². The van der Waals surface area contributed by atoms with E-state index in [1.165, 1.54) is 25.0 Å². The van der Waals surface area contributed by atoms with Crippen LogP contribution in [0.2, 0.25) is 0 Å². The van der Waals surface area contributed by atoms with E-state index in [-0.39, 0.29) is 5.75 Å². The summed E-state index contributed by atoms with van der Waals surface area (Å²) in [6.07, 6.45) is 2.51. The Morgan fingerprint density at radius 1 is 1.30 bits per heavy atom. The van der Waals surface area contributed by atoms with Gasteiger partial charge in [0.2, 0.25) is 0 Å². The smallest absolute Gasteiger partial charge is 0.387 e. The summed E-state index contributed by atoms with van der Waals surface area (Å²) in [5.74, 6) is 0.163. The summed E-state index contributed by atoms with van der Waals surface area (Å²) in [6, 6.07) is 7.21. The number of thiazole rings is 1. The lowest BCUT2D eigenvalue weighted by Gasteiger charge is -2.04. The molecule has 1 aliphatic rings. The Hall–Kier alpha value is -1.53. The number of hydrogen-bond acceptors (Lipinski definition) is 4. The lowest BCUT2D eigenvalue weighted by Crippen LogP contribution is -2.15. The Morgan fingerprint density at radius 2 is 2.05 bits per heavy atom. The van der Waals surface area contributed by atoms with Gasteiger partial charge in [-0.3, -0.25) is 0 Å². The van der Waals surface area contributed by atoms with E-state index in [1.54, 1.807) is 23.5 Å². The van der Waals surface area contributed by atoms with Crippen molar-refractivity contribution < 1.29 is 13.5 Å². The number of aromatic nitrogens is 1. The van der Waals surface area contributed by atoms with Crippen LogP contribution < -0.4 is 10.1 Å². The molecule has 3 nitrogen and oxygen atoms in total. The molecule has 6 heteroatoms. The molecule has 106 valence electrons. The Balaban J connectivity index is 1.65. The van der Waals surface area contributed by atoms with Crippen molar-refractivity contribution in [2.45, 2.75) is 32.0 Å². The first-order valence-electron chi connectivity index (χ1n) is 6.44. The van der Waals surface area contributed by atoms with Gasteiger partial charge >= 0.3 is 6.61 Å². The summed E-state index contributed by atoms with van der Waals surface area (Å²) in [6.45, 7) is -2.01. The molecular weight excluding hydrogens is 282 g/mol. The third-order valence-electron chi connectivity index (χ3n) is 3.03. The van der Waals surface area contributed by atoms with Crippen LogP contribution in [0, 0.1) is 0 Å². The topological polar surface area (TPSA) is 34.1 Å². The molecule has 1 N–H and O–H groups in total. The van der Waals surface area contributed by atoms with Crippen LogP contribution in [-0.2, 0) is 6.54 Å². The predicted molar refractivity (Wildman–Crippen MR) is 74.0 cm³/mol. The van der Waals surface area contributed by atoms with Crippen molar-refractivity contribution in [3.63, 3.8) is 0 Å². The first-order chi connectivity index (χ1) is 9.70. The Kier molecular flexibility index (Phi) is 3.93. The highest BCUT2D eigenvalue weighted by Gasteiger charge is 2.20. The summed E-state index contributed by atoms with van der Waals surface area (Å²) in [4.78, 5) is 4.54. The molecule has 0 atom stereocenters. The number of rotatable bonds is 6. The number of hydrogen-bond donors (Lipinski definition) is 1. The van der Waals surface area contributed by atoms with Crippen LogP contribution in [0.15, 0.2) is 29.6 Å². The minimum atomic E-state index is -2.79. The highest BCUT2D eigenvalue weighted by molar-refractivity contribution is 7.13.